The molecule has 0 saturated carbocycles. The van der Waals surface area contributed by atoms with E-state index in [1.54, 1.807) is 6.07 Å². The maximum atomic E-state index is 13.0. The third kappa shape index (κ3) is 2.84. The molecule has 1 fully saturated rings. The summed E-state index contributed by atoms with van der Waals surface area (Å²) in [6, 6.07) is 4.51. The molecule has 2 atom stereocenters. The lowest BCUT2D eigenvalue weighted by atomic mass is 10.0. The molecule has 0 aromatic heterocycles. The topological polar surface area (TPSA) is 31.0 Å². The summed E-state index contributed by atoms with van der Waals surface area (Å²) in [6.07, 6.45) is -5.88. The van der Waals surface area contributed by atoms with Crippen molar-refractivity contribution < 1.29 is 27.4 Å². The van der Waals surface area contributed by atoms with Gasteiger partial charge in [-0.25, -0.2) is 0 Å². The predicted molar refractivity (Wildman–Crippen MR) is 60.1 cm³/mol. The second-order valence-electron chi connectivity index (χ2n) is 4.68. The Bertz CT molecular complexity index is 469. The molecule has 2 aliphatic heterocycles. The first-order chi connectivity index (χ1) is 9.04. The van der Waals surface area contributed by atoms with Crippen molar-refractivity contribution in [3.63, 3.8) is 0 Å². The van der Waals surface area contributed by atoms with Gasteiger partial charge in [-0.05, 0) is 23.3 Å². The van der Waals surface area contributed by atoms with Gasteiger partial charge >= 0.3 is 6.18 Å². The Morgan fingerprint density at radius 3 is 2.84 bits per heavy atom. The van der Waals surface area contributed by atoms with Crippen LogP contribution in [0.3, 0.4) is 0 Å². The van der Waals surface area contributed by atoms with E-state index in [0.29, 0.717) is 25.4 Å². The average molecular weight is 274 g/mol. The Kier molecular flexibility index (Phi) is 3.14. The lowest BCUT2D eigenvalue weighted by Crippen LogP contribution is -2.25. The molecule has 3 rings (SSSR count). The molecule has 3 nitrogen and oxygen atoms in total. The summed E-state index contributed by atoms with van der Waals surface area (Å²) in [5.74, 6) is 0.662. The highest BCUT2D eigenvalue weighted by Crippen LogP contribution is 2.38. The summed E-state index contributed by atoms with van der Waals surface area (Å²) >= 11 is 0. The highest BCUT2D eigenvalue weighted by molar-refractivity contribution is 5.40. The second kappa shape index (κ2) is 4.68. The van der Waals surface area contributed by atoms with E-state index < -0.39 is 12.3 Å². The molecular formula is C13H13F3O3. The zero-order valence-corrected chi connectivity index (χ0v) is 10.1. The number of rotatable bonds is 4. The fourth-order valence-corrected chi connectivity index (χ4v) is 2.12. The summed E-state index contributed by atoms with van der Waals surface area (Å²) < 4.78 is 54.2. The van der Waals surface area contributed by atoms with Crippen LogP contribution in [0.1, 0.15) is 17.2 Å². The second-order valence-corrected chi connectivity index (χ2v) is 4.68. The average Bonchev–Trinajstić information content (AvgIpc) is 3.04. The van der Waals surface area contributed by atoms with Crippen molar-refractivity contribution in [2.24, 2.45) is 0 Å². The Labute approximate surface area is 108 Å². The molecule has 1 aromatic carbocycles. The normalized spacial score (nSPS) is 22.8. The number of hydrogen-bond donors (Lipinski definition) is 0. The van der Waals surface area contributed by atoms with Gasteiger partial charge in [-0.1, -0.05) is 6.07 Å². The maximum Gasteiger partial charge on any atom is 0.418 e. The number of ether oxygens (including phenoxy) is 3. The molecule has 2 aliphatic rings. The van der Waals surface area contributed by atoms with E-state index in [2.05, 4.69) is 0 Å². The molecular weight excluding hydrogens is 261 g/mol. The standard InChI is InChI=1S/C13H13F3O3/c14-13(15,16)12(19-7-10-6-18-10)9-1-2-11-8(5-9)3-4-17-11/h1-2,5,10,12H,3-4,6-7H2/t10-,12+/m0/s1. The Balaban J connectivity index is 1.81. The molecule has 0 radical (unpaired) electrons. The third-order valence-electron chi connectivity index (χ3n) is 3.16. The van der Waals surface area contributed by atoms with Crippen molar-refractivity contribution in [3.05, 3.63) is 29.3 Å². The number of alkyl halides is 3. The largest absolute Gasteiger partial charge is 0.493 e. The minimum Gasteiger partial charge on any atom is -0.493 e. The molecule has 0 aliphatic carbocycles. The Hall–Kier alpha value is -1.27. The van der Waals surface area contributed by atoms with Crippen molar-refractivity contribution in [2.45, 2.75) is 24.8 Å². The molecule has 19 heavy (non-hydrogen) atoms. The predicted octanol–water partition coefficient (Wildman–Crippen LogP) is 2.64. The summed E-state index contributed by atoms with van der Waals surface area (Å²) in [5.41, 5.74) is 0.926. The van der Waals surface area contributed by atoms with Gasteiger partial charge in [-0.15, -0.1) is 0 Å². The molecule has 0 spiro atoms. The number of fused-ring (bicyclic) bond motifs is 1. The van der Waals surface area contributed by atoms with Crippen LogP contribution < -0.4 is 4.74 Å². The molecule has 1 aromatic rings. The molecule has 0 N–H and O–H groups in total. The van der Waals surface area contributed by atoms with Crippen LogP contribution in [0.5, 0.6) is 5.75 Å². The van der Waals surface area contributed by atoms with E-state index in [-0.39, 0.29) is 18.3 Å². The molecule has 0 amide bonds. The highest BCUT2D eigenvalue weighted by atomic mass is 19.4. The minimum atomic E-state index is -4.43. The lowest BCUT2D eigenvalue weighted by Gasteiger charge is -2.21. The van der Waals surface area contributed by atoms with Crippen LogP contribution in [0.15, 0.2) is 18.2 Å². The van der Waals surface area contributed by atoms with Crippen LogP contribution in [0.25, 0.3) is 0 Å². The van der Waals surface area contributed by atoms with Gasteiger partial charge in [-0.3, -0.25) is 0 Å². The molecule has 1 saturated heterocycles. The van der Waals surface area contributed by atoms with E-state index in [1.165, 1.54) is 12.1 Å². The Morgan fingerprint density at radius 1 is 1.37 bits per heavy atom. The van der Waals surface area contributed by atoms with Crippen LogP contribution in [0.4, 0.5) is 13.2 Å². The zero-order chi connectivity index (χ0) is 13.5. The summed E-state index contributed by atoms with van der Waals surface area (Å²) in [4.78, 5) is 0. The lowest BCUT2D eigenvalue weighted by molar-refractivity contribution is -0.224. The van der Waals surface area contributed by atoms with Gasteiger partial charge in [0.25, 0.3) is 0 Å². The van der Waals surface area contributed by atoms with E-state index in [1.807, 2.05) is 0 Å². The first-order valence-corrected chi connectivity index (χ1v) is 6.09. The van der Waals surface area contributed by atoms with E-state index in [4.69, 9.17) is 14.2 Å². The van der Waals surface area contributed by atoms with Crippen LogP contribution in [0, 0.1) is 0 Å². The fraction of sp³-hybridized carbons (Fsp3) is 0.538. The third-order valence-corrected chi connectivity index (χ3v) is 3.16. The van der Waals surface area contributed by atoms with Crippen molar-refractivity contribution in [1.29, 1.82) is 0 Å². The summed E-state index contributed by atoms with van der Waals surface area (Å²) in [7, 11) is 0. The van der Waals surface area contributed by atoms with Gasteiger partial charge in [0.15, 0.2) is 6.10 Å². The van der Waals surface area contributed by atoms with Crippen LogP contribution >= 0.6 is 0 Å². The molecule has 6 heteroatoms. The van der Waals surface area contributed by atoms with Crippen LogP contribution in [-0.4, -0.2) is 32.1 Å². The van der Waals surface area contributed by atoms with Gasteiger partial charge in [0.1, 0.15) is 11.9 Å². The van der Waals surface area contributed by atoms with Crippen molar-refractivity contribution in [1.82, 2.24) is 0 Å². The molecule has 104 valence electrons. The van der Waals surface area contributed by atoms with E-state index in [9.17, 15) is 13.2 Å². The van der Waals surface area contributed by atoms with Crippen LogP contribution in [-0.2, 0) is 15.9 Å². The van der Waals surface area contributed by atoms with Crippen LogP contribution in [0.2, 0.25) is 0 Å². The monoisotopic (exact) mass is 274 g/mol. The van der Waals surface area contributed by atoms with Gasteiger partial charge < -0.3 is 14.2 Å². The van der Waals surface area contributed by atoms with E-state index >= 15 is 0 Å². The Morgan fingerprint density at radius 2 is 2.16 bits per heavy atom. The number of hydrogen-bond acceptors (Lipinski definition) is 3. The first-order valence-electron chi connectivity index (χ1n) is 6.09. The number of halogens is 3. The van der Waals surface area contributed by atoms with Crippen molar-refractivity contribution in [2.75, 3.05) is 19.8 Å². The van der Waals surface area contributed by atoms with Gasteiger partial charge in [0, 0.05) is 6.42 Å². The maximum absolute atomic E-state index is 13.0. The van der Waals surface area contributed by atoms with E-state index in [0.717, 1.165) is 5.56 Å². The molecule has 0 bridgehead atoms. The minimum absolute atomic E-state index is 0.0300. The highest BCUT2D eigenvalue weighted by Gasteiger charge is 2.43. The van der Waals surface area contributed by atoms with Gasteiger partial charge in [0.2, 0.25) is 0 Å². The fourth-order valence-electron chi connectivity index (χ4n) is 2.12. The molecule has 0 unspecified atom stereocenters. The van der Waals surface area contributed by atoms with Crippen molar-refractivity contribution in [3.8, 4) is 5.75 Å². The summed E-state index contributed by atoms with van der Waals surface area (Å²) in [5, 5.41) is 0. The summed E-state index contributed by atoms with van der Waals surface area (Å²) in [6.45, 7) is 0.965. The SMILES string of the molecule is FC(F)(F)[C@H](OC[C@@H]1CO1)c1ccc2c(c1)CCO2. The number of benzene rings is 1. The first kappa shape index (κ1) is 12.7. The molecule has 2 heterocycles. The smallest absolute Gasteiger partial charge is 0.418 e. The number of epoxide rings is 1. The quantitative estimate of drug-likeness (QED) is 0.791. The van der Waals surface area contributed by atoms with Gasteiger partial charge in [0.05, 0.1) is 19.8 Å². The van der Waals surface area contributed by atoms with Crippen molar-refractivity contribution >= 4 is 0 Å². The van der Waals surface area contributed by atoms with Gasteiger partial charge in [-0.2, -0.15) is 13.2 Å². The zero-order valence-electron chi connectivity index (χ0n) is 10.1.